The highest BCUT2D eigenvalue weighted by atomic mass is 32.2. The number of nitrogens with zero attached hydrogens (tertiary/aromatic N) is 1. The predicted molar refractivity (Wildman–Crippen MR) is 127 cm³/mol. The van der Waals surface area contributed by atoms with E-state index in [-0.39, 0.29) is 5.91 Å². The Balaban J connectivity index is 1.66. The summed E-state index contributed by atoms with van der Waals surface area (Å²) in [4.78, 5) is 13.2. The van der Waals surface area contributed by atoms with Crippen LogP contribution in [-0.2, 0) is 16.6 Å². The molecule has 2 N–H and O–H groups in total. The summed E-state index contributed by atoms with van der Waals surface area (Å²) in [6.07, 6.45) is 1.06. The molecule has 0 saturated carbocycles. The second kappa shape index (κ2) is 8.76. The lowest BCUT2D eigenvalue weighted by Gasteiger charge is -2.14. The summed E-state index contributed by atoms with van der Waals surface area (Å²) in [7, 11) is -2.02. The van der Waals surface area contributed by atoms with Crippen LogP contribution in [0.15, 0.2) is 78.9 Å². The monoisotopic (exact) mass is 449 g/mol. The Morgan fingerprint density at radius 1 is 0.969 bits per heavy atom. The van der Waals surface area contributed by atoms with Gasteiger partial charge in [0, 0.05) is 29.2 Å². The molecule has 0 bridgehead atoms. The first kappa shape index (κ1) is 21.5. The molecule has 0 unspecified atom stereocenters. The van der Waals surface area contributed by atoms with Gasteiger partial charge in [0.15, 0.2) is 0 Å². The van der Waals surface area contributed by atoms with Crippen molar-refractivity contribution in [1.29, 1.82) is 0 Å². The lowest BCUT2D eigenvalue weighted by Crippen LogP contribution is -2.18. The first-order valence-corrected chi connectivity index (χ1v) is 11.8. The predicted octanol–water partition coefficient (Wildman–Crippen LogP) is 4.32. The molecule has 0 spiro atoms. The lowest BCUT2D eigenvalue weighted by molar-refractivity contribution is 0.101. The third-order valence-electron chi connectivity index (χ3n) is 4.98. The number of fused-ring (bicyclic) bond motifs is 1. The summed E-state index contributed by atoms with van der Waals surface area (Å²) >= 11 is 0. The van der Waals surface area contributed by atoms with Gasteiger partial charge < -0.3 is 14.6 Å². The number of aromatic nitrogens is 1. The zero-order valence-corrected chi connectivity index (χ0v) is 18.5. The van der Waals surface area contributed by atoms with Crippen LogP contribution in [0, 0.1) is 0 Å². The molecule has 0 aliphatic heterocycles. The molecule has 4 aromatic rings. The minimum absolute atomic E-state index is 0.275. The van der Waals surface area contributed by atoms with Crippen LogP contribution in [0.25, 0.3) is 10.9 Å². The van der Waals surface area contributed by atoms with Crippen LogP contribution < -0.4 is 14.8 Å². The van der Waals surface area contributed by atoms with Crippen molar-refractivity contribution in [3.05, 3.63) is 90.1 Å². The first-order valence-electron chi connectivity index (χ1n) is 9.93. The van der Waals surface area contributed by atoms with Crippen LogP contribution in [-0.4, -0.2) is 32.3 Å². The number of ether oxygens (including phenoxy) is 1. The van der Waals surface area contributed by atoms with Crippen LogP contribution in [0.1, 0.15) is 16.1 Å². The normalized spacial score (nSPS) is 11.3. The van der Waals surface area contributed by atoms with E-state index in [9.17, 15) is 13.2 Å². The summed E-state index contributed by atoms with van der Waals surface area (Å²) < 4.78 is 32.8. The second-order valence-electron chi connectivity index (χ2n) is 7.40. The van der Waals surface area contributed by atoms with Crippen molar-refractivity contribution in [3.63, 3.8) is 0 Å². The molecule has 0 aliphatic carbocycles. The molecule has 8 heteroatoms. The number of para-hydroxylation sites is 1. The quantitative estimate of drug-likeness (QED) is 0.440. The number of benzene rings is 3. The molecule has 7 nitrogen and oxygen atoms in total. The molecule has 0 aliphatic rings. The van der Waals surface area contributed by atoms with Crippen LogP contribution in [0.5, 0.6) is 5.75 Å². The smallest absolute Gasteiger partial charge is 0.272 e. The van der Waals surface area contributed by atoms with E-state index in [1.54, 1.807) is 18.2 Å². The van der Waals surface area contributed by atoms with E-state index in [4.69, 9.17) is 4.74 Å². The number of methoxy groups -OCH3 is 1. The Labute approximate surface area is 186 Å². The zero-order valence-electron chi connectivity index (χ0n) is 17.7. The number of carbonyl (C=O) groups is 1. The molecule has 0 fully saturated rings. The molecule has 1 amide bonds. The number of nitrogens with one attached hydrogen (secondary N) is 2. The number of sulfonamides is 1. The highest BCUT2D eigenvalue weighted by Crippen LogP contribution is 2.29. The molecular weight excluding hydrogens is 426 g/mol. The van der Waals surface area contributed by atoms with Gasteiger partial charge in [-0.3, -0.25) is 9.52 Å². The Hall–Kier alpha value is -3.78. The van der Waals surface area contributed by atoms with Crippen molar-refractivity contribution in [3.8, 4) is 5.75 Å². The van der Waals surface area contributed by atoms with E-state index >= 15 is 0 Å². The van der Waals surface area contributed by atoms with Gasteiger partial charge in [0.05, 0.1) is 19.1 Å². The fraction of sp³-hybridized carbons (Fsp3) is 0.125. The summed E-state index contributed by atoms with van der Waals surface area (Å²) in [5.74, 6) is 0.0288. The number of rotatable bonds is 7. The third kappa shape index (κ3) is 4.76. The van der Waals surface area contributed by atoms with E-state index in [0.717, 1.165) is 22.7 Å². The average molecular weight is 450 g/mol. The van der Waals surface area contributed by atoms with Gasteiger partial charge in [-0.2, -0.15) is 0 Å². The highest BCUT2D eigenvalue weighted by molar-refractivity contribution is 7.92. The molecule has 164 valence electrons. The van der Waals surface area contributed by atoms with E-state index in [1.807, 2.05) is 65.2 Å². The van der Waals surface area contributed by atoms with Gasteiger partial charge in [0.2, 0.25) is 10.0 Å². The minimum atomic E-state index is -3.46. The van der Waals surface area contributed by atoms with Gasteiger partial charge in [-0.15, -0.1) is 0 Å². The maximum Gasteiger partial charge on any atom is 0.272 e. The Morgan fingerprint density at radius 2 is 1.69 bits per heavy atom. The van der Waals surface area contributed by atoms with Gasteiger partial charge in [0.1, 0.15) is 11.4 Å². The summed E-state index contributed by atoms with van der Waals surface area (Å²) in [5, 5.41) is 3.86. The largest absolute Gasteiger partial charge is 0.494 e. The number of anilines is 2. The van der Waals surface area contributed by atoms with Gasteiger partial charge in [-0.25, -0.2) is 8.42 Å². The molecular formula is C24H23N3O4S. The summed E-state index contributed by atoms with van der Waals surface area (Å²) in [6, 6.07) is 24.4. The molecule has 0 radical (unpaired) electrons. The standard InChI is InChI=1S/C24H23N3O4S/c1-31-23-15-19(12-13-20(23)26-32(2,29)30)25-24(28)22-14-18-10-6-7-11-21(18)27(22)16-17-8-4-3-5-9-17/h3-15,26H,16H2,1-2H3,(H,25,28). The maximum atomic E-state index is 13.2. The highest BCUT2D eigenvalue weighted by Gasteiger charge is 2.17. The van der Waals surface area contributed by atoms with Crippen molar-refractivity contribution in [2.45, 2.75) is 6.54 Å². The fourth-order valence-corrected chi connectivity index (χ4v) is 4.15. The topological polar surface area (TPSA) is 89.4 Å². The number of amides is 1. The van der Waals surface area contributed by atoms with Crippen molar-refractivity contribution < 1.29 is 17.9 Å². The zero-order chi connectivity index (χ0) is 22.7. The molecule has 1 aromatic heterocycles. The Kier molecular flexibility index (Phi) is 5.87. The van der Waals surface area contributed by atoms with Crippen molar-refractivity contribution >= 4 is 38.2 Å². The van der Waals surface area contributed by atoms with E-state index < -0.39 is 10.0 Å². The molecule has 1 heterocycles. The molecule has 0 saturated heterocycles. The van der Waals surface area contributed by atoms with Crippen LogP contribution in [0.2, 0.25) is 0 Å². The van der Waals surface area contributed by atoms with Crippen molar-refractivity contribution in [2.75, 3.05) is 23.4 Å². The number of carbonyl (C=O) groups excluding carboxylic acids is 1. The first-order chi connectivity index (χ1) is 15.3. The van der Waals surface area contributed by atoms with Crippen molar-refractivity contribution in [2.24, 2.45) is 0 Å². The Bertz CT molecular complexity index is 1380. The Morgan fingerprint density at radius 3 is 2.41 bits per heavy atom. The fourth-order valence-electron chi connectivity index (χ4n) is 3.58. The average Bonchev–Trinajstić information content (AvgIpc) is 3.13. The summed E-state index contributed by atoms with van der Waals surface area (Å²) in [6.45, 7) is 0.553. The van der Waals surface area contributed by atoms with Gasteiger partial charge >= 0.3 is 0 Å². The van der Waals surface area contributed by atoms with Crippen LogP contribution in [0.3, 0.4) is 0 Å². The minimum Gasteiger partial charge on any atom is -0.494 e. The summed E-state index contributed by atoms with van der Waals surface area (Å²) in [5.41, 5.74) is 3.36. The number of hydrogen-bond acceptors (Lipinski definition) is 4. The maximum absolute atomic E-state index is 13.2. The van der Waals surface area contributed by atoms with Gasteiger partial charge in [-0.05, 0) is 29.8 Å². The van der Waals surface area contributed by atoms with E-state index in [2.05, 4.69) is 10.0 Å². The van der Waals surface area contributed by atoms with Crippen molar-refractivity contribution in [1.82, 2.24) is 4.57 Å². The third-order valence-corrected chi connectivity index (χ3v) is 5.57. The van der Waals surface area contributed by atoms with Gasteiger partial charge in [-0.1, -0.05) is 48.5 Å². The molecule has 3 aromatic carbocycles. The second-order valence-corrected chi connectivity index (χ2v) is 9.15. The SMILES string of the molecule is COc1cc(NC(=O)c2cc3ccccc3n2Cc2ccccc2)ccc1NS(C)(=O)=O. The molecule has 32 heavy (non-hydrogen) atoms. The lowest BCUT2D eigenvalue weighted by atomic mass is 10.2. The van der Waals surface area contributed by atoms with Gasteiger partial charge in [0.25, 0.3) is 5.91 Å². The van der Waals surface area contributed by atoms with E-state index in [1.165, 1.54) is 7.11 Å². The molecule has 0 atom stereocenters. The van der Waals surface area contributed by atoms with Crippen LogP contribution >= 0.6 is 0 Å². The molecule has 4 rings (SSSR count). The van der Waals surface area contributed by atoms with E-state index in [0.29, 0.717) is 29.4 Å². The van der Waals surface area contributed by atoms with Crippen LogP contribution in [0.4, 0.5) is 11.4 Å². The number of hydrogen-bond donors (Lipinski definition) is 2.